The molecule has 1 saturated heterocycles. The van der Waals surface area contributed by atoms with E-state index < -0.39 is 0 Å². The third kappa shape index (κ3) is 4.07. The molecule has 0 bridgehead atoms. The zero-order valence-electron chi connectivity index (χ0n) is 18.4. The summed E-state index contributed by atoms with van der Waals surface area (Å²) in [6.07, 6.45) is 5.84. The van der Waals surface area contributed by atoms with E-state index in [1.54, 1.807) is 7.11 Å². The number of nitrogens with zero attached hydrogens (tertiary/aromatic N) is 2. The van der Waals surface area contributed by atoms with Gasteiger partial charge in [0.05, 0.1) is 35.2 Å². The molecule has 168 valence electrons. The zero-order valence-corrected chi connectivity index (χ0v) is 19.2. The summed E-state index contributed by atoms with van der Waals surface area (Å²) in [7, 11) is 1.77. The number of furan rings is 1. The summed E-state index contributed by atoms with van der Waals surface area (Å²) >= 11 is 6.75. The minimum Gasteiger partial charge on any atom is -0.459 e. The lowest BCUT2D eigenvalue weighted by Gasteiger charge is -2.44. The summed E-state index contributed by atoms with van der Waals surface area (Å²) in [5.41, 5.74) is 2.99. The first-order chi connectivity index (χ1) is 15.1. The summed E-state index contributed by atoms with van der Waals surface area (Å²) in [6.45, 7) is 11.0. The molecule has 0 atom stereocenters. The van der Waals surface area contributed by atoms with E-state index >= 15 is 0 Å². The number of benzene rings is 1. The summed E-state index contributed by atoms with van der Waals surface area (Å²) in [4.78, 5) is 4.94. The van der Waals surface area contributed by atoms with Crippen molar-refractivity contribution in [2.45, 2.75) is 44.2 Å². The molecule has 1 spiro atoms. The molecule has 2 N–H and O–H groups in total. The van der Waals surface area contributed by atoms with Gasteiger partial charge in [-0.25, -0.2) is 0 Å². The summed E-state index contributed by atoms with van der Waals surface area (Å²) in [5, 5.41) is 8.89. The Balaban J connectivity index is 1.42. The number of anilines is 1. The molecule has 7 heteroatoms. The molecule has 1 aromatic heterocycles. The van der Waals surface area contributed by atoms with Crippen LogP contribution in [-0.4, -0.2) is 56.2 Å². The number of hydrogen-bond donors (Lipinski definition) is 2. The van der Waals surface area contributed by atoms with E-state index in [2.05, 4.69) is 33.1 Å². The first-order valence-electron chi connectivity index (χ1n) is 11.5. The maximum absolute atomic E-state index is 6.75. The molecule has 0 radical (unpaired) electrons. The van der Waals surface area contributed by atoms with Crippen LogP contribution in [0.15, 0.2) is 28.9 Å². The van der Waals surface area contributed by atoms with E-state index in [0.29, 0.717) is 0 Å². The monoisotopic (exact) mass is 444 g/mol. The van der Waals surface area contributed by atoms with Crippen LogP contribution in [0.1, 0.15) is 43.4 Å². The van der Waals surface area contributed by atoms with Crippen molar-refractivity contribution in [3.8, 4) is 0 Å². The highest BCUT2D eigenvalue weighted by Gasteiger charge is 2.42. The van der Waals surface area contributed by atoms with E-state index in [4.69, 9.17) is 20.8 Å². The fraction of sp³-hybridized carbons (Fsp3) is 0.583. The van der Waals surface area contributed by atoms with Crippen molar-refractivity contribution in [1.82, 2.24) is 15.1 Å². The molecule has 3 aliphatic rings. The number of nitrogens with one attached hydrogen (secondary N) is 2. The lowest BCUT2D eigenvalue weighted by Crippen LogP contribution is -2.48. The quantitative estimate of drug-likeness (QED) is 0.708. The van der Waals surface area contributed by atoms with Gasteiger partial charge in [0.15, 0.2) is 0 Å². The number of hydrogen-bond acceptors (Lipinski definition) is 6. The van der Waals surface area contributed by atoms with Crippen molar-refractivity contribution in [3.05, 3.63) is 40.9 Å². The summed E-state index contributed by atoms with van der Waals surface area (Å²) in [5.74, 6) is 1.84. The van der Waals surface area contributed by atoms with Crippen molar-refractivity contribution in [1.29, 1.82) is 0 Å². The Hall–Kier alpha value is -1.73. The number of fused-ring (bicyclic) bond motifs is 4. The van der Waals surface area contributed by atoms with E-state index in [9.17, 15) is 0 Å². The molecule has 0 amide bonds. The minimum absolute atomic E-state index is 0.138. The van der Waals surface area contributed by atoms with Crippen molar-refractivity contribution in [2.75, 3.05) is 51.8 Å². The van der Waals surface area contributed by atoms with Crippen LogP contribution in [0, 0.1) is 0 Å². The first-order valence-corrected chi connectivity index (χ1v) is 11.9. The van der Waals surface area contributed by atoms with E-state index in [0.717, 1.165) is 92.0 Å². The molecule has 31 heavy (non-hydrogen) atoms. The van der Waals surface area contributed by atoms with Gasteiger partial charge in [-0.1, -0.05) is 37.4 Å². The predicted molar refractivity (Wildman–Crippen MR) is 125 cm³/mol. The number of rotatable bonds is 5. The molecule has 2 aliphatic heterocycles. The molecule has 3 heterocycles. The number of halogens is 1. The summed E-state index contributed by atoms with van der Waals surface area (Å²) < 4.78 is 11.7. The Kier molecular flexibility index (Phi) is 5.90. The molecule has 2 fully saturated rings. The van der Waals surface area contributed by atoms with Gasteiger partial charge in [-0.2, -0.15) is 0 Å². The molecule has 1 aromatic carbocycles. The standard InChI is InChI=1S/C24H33ClN4O2/c1-17-26-22-20(25)15-18-14-19(16-29-10-8-28(9-11-29)12-13-30-2)31-23(18)21(22)24(27-17)6-4-3-5-7-24/h14-15,26-27H,1,3-13,16H2,2H3. The number of ether oxygens (including phenoxy) is 1. The summed E-state index contributed by atoms with van der Waals surface area (Å²) in [6, 6.07) is 4.21. The Morgan fingerprint density at radius 1 is 1.13 bits per heavy atom. The van der Waals surface area contributed by atoms with Gasteiger partial charge in [0, 0.05) is 50.8 Å². The van der Waals surface area contributed by atoms with Gasteiger partial charge in [0.2, 0.25) is 0 Å². The van der Waals surface area contributed by atoms with Crippen molar-refractivity contribution >= 4 is 28.3 Å². The molecule has 0 unspecified atom stereocenters. The van der Waals surface area contributed by atoms with Gasteiger partial charge in [0.25, 0.3) is 0 Å². The zero-order chi connectivity index (χ0) is 21.4. The minimum atomic E-state index is -0.138. The van der Waals surface area contributed by atoms with E-state index in [1.165, 1.54) is 24.8 Å². The molecule has 1 saturated carbocycles. The average molecular weight is 445 g/mol. The highest BCUT2D eigenvalue weighted by molar-refractivity contribution is 6.34. The fourth-order valence-corrected chi connectivity index (χ4v) is 5.79. The fourth-order valence-electron chi connectivity index (χ4n) is 5.54. The van der Waals surface area contributed by atoms with Gasteiger partial charge in [0.1, 0.15) is 11.3 Å². The van der Waals surface area contributed by atoms with Gasteiger partial charge < -0.3 is 19.8 Å². The first kappa shape index (κ1) is 21.1. The van der Waals surface area contributed by atoms with Crippen LogP contribution in [0.4, 0.5) is 5.69 Å². The maximum atomic E-state index is 6.75. The molecule has 6 nitrogen and oxygen atoms in total. The molecule has 1 aliphatic carbocycles. The topological polar surface area (TPSA) is 52.9 Å². The molecular formula is C24H33ClN4O2. The van der Waals surface area contributed by atoms with Crippen LogP contribution in [0.25, 0.3) is 11.0 Å². The van der Waals surface area contributed by atoms with Crippen LogP contribution in [0.3, 0.4) is 0 Å². The van der Waals surface area contributed by atoms with E-state index in [1.807, 2.05) is 6.07 Å². The van der Waals surface area contributed by atoms with Crippen LogP contribution >= 0.6 is 11.6 Å². The maximum Gasteiger partial charge on any atom is 0.142 e. The van der Waals surface area contributed by atoms with Crippen LogP contribution < -0.4 is 10.6 Å². The van der Waals surface area contributed by atoms with Crippen molar-refractivity contribution in [3.63, 3.8) is 0 Å². The number of methoxy groups -OCH3 is 1. The van der Waals surface area contributed by atoms with Gasteiger partial charge in [-0.05, 0) is 25.0 Å². The molecular weight excluding hydrogens is 412 g/mol. The van der Waals surface area contributed by atoms with Crippen LogP contribution in [-0.2, 0) is 16.8 Å². The Labute approximate surface area is 189 Å². The highest BCUT2D eigenvalue weighted by Crippen LogP contribution is 2.49. The Bertz CT molecular complexity index is 958. The second-order valence-corrected chi connectivity index (χ2v) is 9.63. The van der Waals surface area contributed by atoms with E-state index in [-0.39, 0.29) is 5.54 Å². The second-order valence-electron chi connectivity index (χ2n) is 9.22. The second kappa shape index (κ2) is 8.66. The normalized spacial score (nSPS) is 21.8. The van der Waals surface area contributed by atoms with Crippen LogP contribution in [0.5, 0.6) is 0 Å². The molecule has 5 rings (SSSR count). The number of piperazine rings is 1. The van der Waals surface area contributed by atoms with Crippen molar-refractivity contribution in [2.24, 2.45) is 0 Å². The lowest BCUT2D eigenvalue weighted by atomic mass is 9.74. The predicted octanol–water partition coefficient (Wildman–Crippen LogP) is 4.50. The third-order valence-corrected chi connectivity index (χ3v) is 7.42. The van der Waals surface area contributed by atoms with Gasteiger partial charge in [-0.3, -0.25) is 9.80 Å². The largest absolute Gasteiger partial charge is 0.459 e. The third-order valence-electron chi connectivity index (χ3n) is 7.12. The smallest absolute Gasteiger partial charge is 0.142 e. The average Bonchev–Trinajstić information content (AvgIpc) is 3.15. The highest BCUT2D eigenvalue weighted by atomic mass is 35.5. The Morgan fingerprint density at radius 2 is 1.87 bits per heavy atom. The SMILES string of the molecule is C=C1Nc2c(Cl)cc3cc(CN4CCN(CCOC)CC4)oc3c2C2(CCCCC2)N1. The lowest BCUT2D eigenvalue weighted by molar-refractivity contribution is 0.0907. The van der Waals surface area contributed by atoms with Crippen molar-refractivity contribution < 1.29 is 9.15 Å². The molecule has 2 aromatic rings. The Morgan fingerprint density at radius 3 is 2.61 bits per heavy atom. The van der Waals surface area contributed by atoms with Gasteiger partial charge >= 0.3 is 0 Å². The van der Waals surface area contributed by atoms with Gasteiger partial charge in [-0.15, -0.1) is 0 Å². The van der Waals surface area contributed by atoms with Crippen LogP contribution in [0.2, 0.25) is 5.02 Å².